The van der Waals surface area contributed by atoms with E-state index in [0.29, 0.717) is 0 Å². The molecule has 1 radical (unpaired) electrons. The molecule has 1 fully saturated rings. The van der Waals surface area contributed by atoms with Crippen LogP contribution in [0.1, 0.15) is 32.1 Å². The van der Waals surface area contributed by atoms with Crippen LogP contribution in [0.5, 0.6) is 0 Å². The fourth-order valence-corrected chi connectivity index (χ4v) is 1.61. The highest BCUT2D eigenvalue weighted by atomic mass is 14.8. The van der Waals surface area contributed by atoms with Crippen molar-refractivity contribution in [1.82, 2.24) is 5.32 Å². The predicted octanol–water partition coefficient (Wildman–Crippen LogP) is 1.95. The van der Waals surface area contributed by atoms with Crippen molar-refractivity contribution in [3.8, 4) is 0 Å². The maximum atomic E-state index is 3.60. The van der Waals surface area contributed by atoms with E-state index in [4.69, 9.17) is 0 Å². The first-order valence-corrected chi connectivity index (χ1v) is 3.93. The maximum absolute atomic E-state index is 3.60. The number of hydrogen-bond acceptors (Lipinski definition) is 1. The summed E-state index contributed by atoms with van der Waals surface area (Å²) in [6.45, 7) is 1.10. The molecule has 0 saturated heterocycles. The lowest BCUT2D eigenvalue weighted by Gasteiger charge is -2.05. The molecule has 1 heteroatoms. The average molecular weight is 126 g/mol. The Hall–Kier alpha value is -0.0400. The summed E-state index contributed by atoms with van der Waals surface area (Å²) in [5.74, 6) is 1.01. The van der Waals surface area contributed by atoms with Crippen LogP contribution in [0.3, 0.4) is 0 Å². The average Bonchev–Trinajstić information content (AvgIpc) is 2.34. The largest absolute Gasteiger partial charge is 0.315 e. The molecule has 0 heterocycles. The minimum absolute atomic E-state index is 1.01. The van der Waals surface area contributed by atoms with Gasteiger partial charge in [0.1, 0.15) is 0 Å². The molecule has 0 bridgehead atoms. The second-order valence-electron chi connectivity index (χ2n) is 2.94. The Bertz CT molecular complexity index is 65.0. The minimum atomic E-state index is 1.01. The third kappa shape index (κ3) is 2.35. The third-order valence-electron chi connectivity index (χ3n) is 2.20. The van der Waals surface area contributed by atoms with Crippen molar-refractivity contribution in [1.29, 1.82) is 0 Å². The highest BCUT2D eigenvalue weighted by Gasteiger charge is 2.13. The summed E-state index contributed by atoms with van der Waals surface area (Å²) in [5.41, 5.74) is 0. The van der Waals surface area contributed by atoms with Gasteiger partial charge in [0.25, 0.3) is 0 Å². The van der Waals surface area contributed by atoms with Gasteiger partial charge in [-0.25, -0.2) is 0 Å². The maximum Gasteiger partial charge on any atom is 0.00767 e. The monoisotopic (exact) mass is 126 g/mol. The molecule has 1 aliphatic carbocycles. The van der Waals surface area contributed by atoms with Crippen molar-refractivity contribution < 1.29 is 0 Å². The lowest BCUT2D eigenvalue weighted by Crippen LogP contribution is -2.08. The second kappa shape index (κ2) is 3.89. The van der Waals surface area contributed by atoms with Crippen LogP contribution in [-0.4, -0.2) is 6.54 Å². The normalized spacial score (nSPS) is 21.0. The zero-order chi connectivity index (χ0) is 6.53. The smallest absolute Gasteiger partial charge is 0.00767 e. The molecule has 0 amide bonds. The zero-order valence-electron chi connectivity index (χ0n) is 6.03. The molecule has 1 nitrogen and oxygen atoms in total. The van der Waals surface area contributed by atoms with Crippen LogP contribution in [0.25, 0.3) is 0 Å². The van der Waals surface area contributed by atoms with Crippen LogP contribution >= 0.6 is 0 Å². The molecule has 53 valence electrons. The van der Waals surface area contributed by atoms with Crippen LogP contribution in [0.15, 0.2) is 0 Å². The standard InChI is InChI=1S/C8H16N/c1-9-7-6-8-4-2-3-5-8/h8-9H,1-7H2. The van der Waals surface area contributed by atoms with Crippen molar-refractivity contribution in [3.63, 3.8) is 0 Å². The summed E-state index contributed by atoms with van der Waals surface area (Å²) in [6.07, 6.45) is 7.18. The van der Waals surface area contributed by atoms with Crippen molar-refractivity contribution in [2.45, 2.75) is 32.1 Å². The van der Waals surface area contributed by atoms with Gasteiger partial charge in [-0.3, -0.25) is 0 Å². The molecular weight excluding hydrogens is 110 g/mol. The molecule has 1 N–H and O–H groups in total. The molecule has 0 aromatic rings. The summed E-state index contributed by atoms with van der Waals surface area (Å²) >= 11 is 0. The zero-order valence-corrected chi connectivity index (χ0v) is 6.03. The van der Waals surface area contributed by atoms with Crippen molar-refractivity contribution in [2.24, 2.45) is 5.92 Å². The van der Waals surface area contributed by atoms with Gasteiger partial charge < -0.3 is 5.32 Å². The molecule has 0 aromatic carbocycles. The van der Waals surface area contributed by atoms with Crippen molar-refractivity contribution in [3.05, 3.63) is 7.05 Å². The highest BCUT2D eigenvalue weighted by Crippen LogP contribution is 2.26. The summed E-state index contributed by atoms with van der Waals surface area (Å²) < 4.78 is 0. The van der Waals surface area contributed by atoms with Crippen LogP contribution in [-0.2, 0) is 0 Å². The Kier molecular flexibility index (Phi) is 3.05. The van der Waals surface area contributed by atoms with Gasteiger partial charge in [0, 0.05) is 7.05 Å². The van der Waals surface area contributed by atoms with Crippen LogP contribution in [0.4, 0.5) is 0 Å². The lowest BCUT2D eigenvalue weighted by atomic mass is 10.0. The van der Waals surface area contributed by atoms with E-state index in [2.05, 4.69) is 12.4 Å². The van der Waals surface area contributed by atoms with Crippen molar-refractivity contribution >= 4 is 0 Å². The quantitative estimate of drug-likeness (QED) is 0.609. The Labute approximate surface area is 57.8 Å². The molecule has 1 aliphatic rings. The fourth-order valence-electron chi connectivity index (χ4n) is 1.61. The van der Waals surface area contributed by atoms with Gasteiger partial charge in [0.05, 0.1) is 0 Å². The molecule has 9 heavy (non-hydrogen) atoms. The minimum Gasteiger partial charge on any atom is -0.315 e. The first-order chi connectivity index (χ1) is 4.43. The molecule has 0 aromatic heterocycles. The Balaban J connectivity index is 1.98. The predicted molar refractivity (Wildman–Crippen MR) is 39.9 cm³/mol. The molecule has 0 aliphatic heterocycles. The second-order valence-corrected chi connectivity index (χ2v) is 2.94. The number of nitrogens with one attached hydrogen (secondary N) is 1. The molecular formula is C8H16N. The Morgan fingerprint density at radius 2 is 2.00 bits per heavy atom. The van der Waals surface area contributed by atoms with E-state index in [9.17, 15) is 0 Å². The number of hydrogen-bond donors (Lipinski definition) is 1. The first kappa shape index (κ1) is 7.07. The van der Waals surface area contributed by atoms with Gasteiger partial charge in [0.2, 0.25) is 0 Å². The summed E-state index contributed by atoms with van der Waals surface area (Å²) in [5, 5.41) is 2.94. The van der Waals surface area contributed by atoms with Crippen LogP contribution in [0.2, 0.25) is 0 Å². The first-order valence-electron chi connectivity index (χ1n) is 3.93. The summed E-state index contributed by atoms with van der Waals surface area (Å²) in [6, 6.07) is 0. The van der Waals surface area contributed by atoms with Crippen LogP contribution < -0.4 is 5.32 Å². The third-order valence-corrected chi connectivity index (χ3v) is 2.20. The molecule has 1 saturated carbocycles. The highest BCUT2D eigenvalue weighted by molar-refractivity contribution is 4.67. The van der Waals surface area contributed by atoms with Gasteiger partial charge in [-0.15, -0.1) is 0 Å². The Morgan fingerprint density at radius 3 is 2.56 bits per heavy atom. The topological polar surface area (TPSA) is 12.0 Å². The van der Waals surface area contributed by atoms with Gasteiger partial charge in [-0.2, -0.15) is 0 Å². The Morgan fingerprint density at radius 1 is 1.33 bits per heavy atom. The van der Waals surface area contributed by atoms with E-state index < -0.39 is 0 Å². The van der Waals surface area contributed by atoms with Crippen LogP contribution in [0, 0.1) is 13.0 Å². The van der Waals surface area contributed by atoms with Gasteiger partial charge in [-0.1, -0.05) is 25.7 Å². The SMILES string of the molecule is [CH2]NCCC1CCCC1. The van der Waals surface area contributed by atoms with Gasteiger partial charge in [-0.05, 0) is 18.9 Å². The fraction of sp³-hybridized carbons (Fsp3) is 0.875. The van der Waals surface area contributed by atoms with Gasteiger partial charge >= 0.3 is 0 Å². The van der Waals surface area contributed by atoms with E-state index in [1.807, 2.05) is 0 Å². The summed E-state index contributed by atoms with van der Waals surface area (Å²) in [4.78, 5) is 0. The number of rotatable bonds is 3. The van der Waals surface area contributed by atoms with Gasteiger partial charge in [0.15, 0.2) is 0 Å². The molecule has 0 atom stereocenters. The van der Waals surface area contributed by atoms with E-state index >= 15 is 0 Å². The summed E-state index contributed by atoms with van der Waals surface area (Å²) in [7, 11) is 3.60. The van der Waals surface area contributed by atoms with E-state index in [-0.39, 0.29) is 0 Å². The van der Waals surface area contributed by atoms with E-state index in [1.54, 1.807) is 0 Å². The molecule has 0 unspecified atom stereocenters. The van der Waals surface area contributed by atoms with E-state index in [0.717, 1.165) is 12.5 Å². The van der Waals surface area contributed by atoms with E-state index in [1.165, 1.54) is 32.1 Å². The van der Waals surface area contributed by atoms with Crippen molar-refractivity contribution in [2.75, 3.05) is 6.54 Å². The molecule has 0 spiro atoms. The molecule has 1 rings (SSSR count). The lowest BCUT2D eigenvalue weighted by molar-refractivity contribution is 0.495.